The number of aryl methyl sites for hydroxylation is 2. The number of aldehydes is 1. The van der Waals surface area contributed by atoms with Gasteiger partial charge in [-0.1, -0.05) is 18.2 Å². The van der Waals surface area contributed by atoms with Crippen LogP contribution in [0.1, 0.15) is 39.5 Å². The standard InChI is InChI=1S/C27H30O5/c1-18-12-24(32-17-27(4,30)16-29)13-19(2)26(18)25-7-5-6-22(20(25)3)15-31-23-10-8-21(14-28)9-11-23/h5-14,29-30H,15-17H2,1-4H3. The van der Waals surface area contributed by atoms with Crippen molar-refractivity contribution in [2.45, 2.75) is 39.9 Å². The Morgan fingerprint density at radius 3 is 2.19 bits per heavy atom. The van der Waals surface area contributed by atoms with Crippen molar-refractivity contribution >= 4 is 6.29 Å². The van der Waals surface area contributed by atoms with E-state index in [-0.39, 0.29) is 13.2 Å². The van der Waals surface area contributed by atoms with Crippen LogP contribution in [-0.4, -0.2) is 35.3 Å². The van der Waals surface area contributed by atoms with Gasteiger partial charge in [0.05, 0.1) is 6.61 Å². The second-order valence-electron chi connectivity index (χ2n) is 8.44. The first-order valence-electron chi connectivity index (χ1n) is 10.6. The van der Waals surface area contributed by atoms with E-state index in [1.54, 1.807) is 24.3 Å². The Morgan fingerprint density at radius 1 is 0.938 bits per heavy atom. The molecule has 0 saturated carbocycles. The SMILES string of the molecule is Cc1cc(OCC(C)(O)CO)cc(C)c1-c1cccc(COc2ccc(C=O)cc2)c1C. The minimum Gasteiger partial charge on any atom is -0.490 e. The molecule has 0 amide bonds. The van der Waals surface area contributed by atoms with Crippen molar-refractivity contribution in [3.63, 3.8) is 0 Å². The Labute approximate surface area is 189 Å². The monoisotopic (exact) mass is 434 g/mol. The summed E-state index contributed by atoms with van der Waals surface area (Å²) in [6.07, 6.45) is 0.813. The normalized spacial score (nSPS) is 12.8. The summed E-state index contributed by atoms with van der Waals surface area (Å²) in [5, 5.41) is 19.2. The summed E-state index contributed by atoms with van der Waals surface area (Å²) in [7, 11) is 0. The van der Waals surface area contributed by atoms with Crippen LogP contribution >= 0.6 is 0 Å². The molecule has 0 radical (unpaired) electrons. The van der Waals surface area contributed by atoms with Crippen molar-refractivity contribution in [3.8, 4) is 22.6 Å². The lowest BCUT2D eigenvalue weighted by atomic mass is 9.90. The van der Waals surface area contributed by atoms with Gasteiger partial charge < -0.3 is 19.7 Å². The zero-order valence-electron chi connectivity index (χ0n) is 19.0. The molecule has 0 heterocycles. The first-order valence-corrected chi connectivity index (χ1v) is 10.6. The largest absolute Gasteiger partial charge is 0.490 e. The highest BCUT2D eigenvalue weighted by Crippen LogP contribution is 2.34. The molecular weight excluding hydrogens is 404 g/mol. The van der Waals surface area contributed by atoms with Crippen LogP contribution in [0.2, 0.25) is 0 Å². The summed E-state index contributed by atoms with van der Waals surface area (Å²) in [5.41, 5.74) is 5.96. The Morgan fingerprint density at radius 2 is 1.59 bits per heavy atom. The Kier molecular flexibility index (Phi) is 7.33. The van der Waals surface area contributed by atoms with E-state index >= 15 is 0 Å². The minimum absolute atomic E-state index is 0.0153. The highest BCUT2D eigenvalue weighted by Gasteiger charge is 2.20. The summed E-state index contributed by atoms with van der Waals surface area (Å²) in [6.45, 7) is 7.78. The molecule has 5 heteroatoms. The van der Waals surface area contributed by atoms with Gasteiger partial charge in [0.1, 0.15) is 36.6 Å². The maximum Gasteiger partial charge on any atom is 0.150 e. The number of carbonyl (C=O) groups excluding carboxylic acids is 1. The molecule has 0 bridgehead atoms. The van der Waals surface area contributed by atoms with E-state index in [1.165, 1.54) is 6.92 Å². The van der Waals surface area contributed by atoms with Gasteiger partial charge in [0.25, 0.3) is 0 Å². The highest BCUT2D eigenvalue weighted by atomic mass is 16.5. The van der Waals surface area contributed by atoms with Crippen LogP contribution in [0.15, 0.2) is 54.6 Å². The van der Waals surface area contributed by atoms with Gasteiger partial charge in [0.15, 0.2) is 0 Å². The summed E-state index contributed by atoms with van der Waals surface area (Å²) in [5.74, 6) is 1.38. The molecule has 0 aliphatic carbocycles. The molecule has 0 saturated heterocycles. The molecule has 3 rings (SSSR count). The predicted octanol–water partition coefficient (Wildman–Crippen LogP) is 4.79. The molecular formula is C27H30O5. The first-order chi connectivity index (χ1) is 15.2. The van der Waals surface area contributed by atoms with Gasteiger partial charge in [-0.25, -0.2) is 0 Å². The molecule has 0 aliphatic heterocycles. The van der Waals surface area contributed by atoms with E-state index in [4.69, 9.17) is 9.47 Å². The number of ether oxygens (including phenoxy) is 2. The Hall–Kier alpha value is -3.15. The number of rotatable bonds is 9. The fraction of sp³-hybridized carbons (Fsp3) is 0.296. The quantitative estimate of drug-likeness (QED) is 0.474. The zero-order chi connectivity index (χ0) is 23.3. The van der Waals surface area contributed by atoms with E-state index in [0.717, 1.165) is 39.7 Å². The lowest BCUT2D eigenvalue weighted by Gasteiger charge is -2.22. The summed E-state index contributed by atoms with van der Waals surface area (Å²) in [6, 6.07) is 17.2. The van der Waals surface area contributed by atoms with Gasteiger partial charge in [0.2, 0.25) is 0 Å². The molecule has 2 N–H and O–H groups in total. The van der Waals surface area contributed by atoms with Gasteiger partial charge in [-0.2, -0.15) is 0 Å². The summed E-state index contributed by atoms with van der Waals surface area (Å²) in [4.78, 5) is 10.8. The molecule has 0 aliphatic rings. The van der Waals surface area contributed by atoms with Gasteiger partial charge in [-0.15, -0.1) is 0 Å². The fourth-order valence-electron chi connectivity index (χ4n) is 3.63. The number of hydrogen-bond acceptors (Lipinski definition) is 5. The van der Waals surface area contributed by atoms with Gasteiger partial charge >= 0.3 is 0 Å². The topological polar surface area (TPSA) is 76.0 Å². The van der Waals surface area contributed by atoms with Gasteiger partial charge in [-0.3, -0.25) is 4.79 Å². The minimum atomic E-state index is -1.28. The first kappa shape index (κ1) is 23.5. The number of benzene rings is 3. The Balaban J connectivity index is 1.82. The van der Waals surface area contributed by atoms with Gasteiger partial charge in [0, 0.05) is 5.56 Å². The fourth-order valence-corrected chi connectivity index (χ4v) is 3.63. The third kappa shape index (κ3) is 5.55. The molecule has 1 atom stereocenters. The van der Waals surface area contributed by atoms with Gasteiger partial charge in [-0.05, 0) is 97.5 Å². The Bertz CT molecular complexity index is 1060. The second kappa shape index (κ2) is 9.98. The number of hydrogen-bond donors (Lipinski definition) is 2. The van der Waals surface area contributed by atoms with Crippen LogP contribution in [0.3, 0.4) is 0 Å². The third-order valence-corrected chi connectivity index (χ3v) is 5.52. The van der Waals surface area contributed by atoms with Crippen molar-refractivity contribution in [2.75, 3.05) is 13.2 Å². The summed E-state index contributed by atoms with van der Waals surface area (Å²) < 4.78 is 11.7. The van der Waals surface area contributed by atoms with E-state index in [0.29, 0.717) is 23.7 Å². The molecule has 3 aromatic rings. The summed E-state index contributed by atoms with van der Waals surface area (Å²) >= 11 is 0. The van der Waals surface area contributed by atoms with Crippen molar-refractivity contribution in [2.24, 2.45) is 0 Å². The van der Waals surface area contributed by atoms with Crippen LogP contribution in [0.4, 0.5) is 0 Å². The molecule has 0 fully saturated rings. The van der Waals surface area contributed by atoms with Crippen LogP contribution in [-0.2, 0) is 6.61 Å². The maximum absolute atomic E-state index is 10.8. The molecule has 1 unspecified atom stereocenters. The van der Waals surface area contributed by atoms with Crippen molar-refractivity contribution in [3.05, 3.63) is 82.4 Å². The molecule has 0 spiro atoms. The average Bonchev–Trinajstić information content (AvgIpc) is 2.78. The predicted molar refractivity (Wildman–Crippen MR) is 125 cm³/mol. The lowest BCUT2D eigenvalue weighted by Crippen LogP contribution is -2.36. The van der Waals surface area contributed by atoms with Crippen LogP contribution in [0, 0.1) is 20.8 Å². The maximum atomic E-state index is 10.8. The number of carbonyl (C=O) groups is 1. The third-order valence-electron chi connectivity index (χ3n) is 5.52. The van der Waals surface area contributed by atoms with Crippen molar-refractivity contribution in [1.29, 1.82) is 0 Å². The molecule has 0 aromatic heterocycles. The van der Waals surface area contributed by atoms with Crippen LogP contribution < -0.4 is 9.47 Å². The number of aliphatic hydroxyl groups excluding tert-OH is 1. The number of aliphatic hydroxyl groups is 2. The second-order valence-corrected chi connectivity index (χ2v) is 8.44. The zero-order valence-corrected chi connectivity index (χ0v) is 19.0. The van der Waals surface area contributed by atoms with Crippen molar-refractivity contribution < 1.29 is 24.5 Å². The molecule has 3 aromatic carbocycles. The molecule has 32 heavy (non-hydrogen) atoms. The van der Waals surface area contributed by atoms with E-state index in [2.05, 4.69) is 19.1 Å². The van der Waals surface area contributed by atoms with Crippen LogP contribution in [0.5, 0.6) is 11.5 Å². The average molecular weight is 435 g/mol. The van der Waals surface area contributed by atoms with E-state index in [1.807, 2.05) is 32.0 Å². The van der Waals surface area contributed by atoms with E-state index < -0.39 is 5.60 Å². The van der Waals surface area contributed by atoms with E-state index in [9.17, 15) is 15.0 Å². The highest BCUT2D eigenvalue weighted by molar-refractivity contribution is 5.76. The lowest BCUT2D eigenvalue weighted by molar-refractivity contribution is -0.0325. The molecule has 5 nitrogen and oxygen atoms in total. The smallest absolute Gasteiger partial charge is 0.150 e. The van der Waals surface area contributed by atoms with Crippen LogP contribution in [0.25, 0.3) is 11.1 Å². The molecule has 168 valence electrons. The van der Waals surface area contributed by atoms with Crippen molar-refractivity contribution in [1.82, 2.24) is 0 Å².